The molecule has 5 nitrogen and oxygen atoms in total. The van der Waals surface area contributed by atoms with E-state index in [0.29, 0.717) is 18.1 Å². The van der Waals surface area contributed by atoms with Crippen molar-refractivity contribution in [1.29, 1.82) is 0 Å². The van der Waals surface area contributed by atoms with E-state index in [0.717, 1.165) is 23.2 Å². The molecule has 0 fully saturated rings. The van der Waals surface area contributed by atoms with Gasteiger partial charge in [0.25, 0.3) is 5.91 Å². The predicted octanol–water partition coefficient (Wildman–Crippen LogP) is 3.90. The van der Waals surface area contributed by atoms with Crippen molar-refractivity contribution in [2.45, 2.75) is 19.9 Å². The summed E-state index contributed by atoms with van der Waals surface area (Å²) in [7, 11) is 0. The highest BCUT2D eigenvalue weighted by molar-refractivity contribution is 6.03. The van der Waals surface area contributed by atoms with Crippen LogP contribution in [0, 0.1) is 0 Å². The molecule has 3 aromatic rings. The van der Waals surface area contributed by atoms with Crippen molar-refractivity contribution in [3.8, 4) is 0 Å². The quantitative estimate of drug-likeness (QED) is 0.718. The second-order valence-electron chi connectivity index (χ2n) is 5.59. The first kappa shape index (κ1) is 16.6. The predicted molar refractivity (Wildman–Crippen MR) is 99.6 cm³/mol. The number of hydrogen-bond donors (Lipinski definition) is 2. The van der Waals surface area contributed by atoms with E-state index in [1.165, 1.54) is 6.33 Å². The van der Waals surface area contributed by atoms with Crippen LogP contribution in [0.2, 0.25) is 0 Å². The van der Waals surface area contributed by atoms with E-state index in [1.54, 1.807) is 6.07 Å². The molecule has 2 N–H and O–H groups in total. The Kier molecular flexibility index (Phi) is 5.36. The van der Waals surface area contributed by atoms with Gasteiger partial charge in [0.15, 0.2) is 0 Å². The van der Waals surface area contributed by atoms with E-state index in [9.17, 15) is 4.79 Å². The van der Waals surface area contributed by atoms with Gasteiger partial charge in [0.05, 0.1) is 0 Å². The highest BCUT2D eigenvalue weighted by Gasteiger charge is 2.11. The summed E-state index contributed by atoms with van der Waals surface area (Å²) in [5.41, 5.74) is 3.38. The van der Waals surface area contributed by atoms with Gasteiger partial charge in [0.2, 0.25) is 0 Å². The summed E-state index contributed by atoms with van der Waals surface area (Å²) in [5.74, 6) is 0.374. The van der Waals surface area contributed by atoms with Gasteiger partial charge in [-0.15, -0.1) is 0 Å². The molecule has 0 unspecified atom stereocenters. The number of nitrogens with zero attached hydrogens (tertiary/aromatic N) is 2. The number of nitrogens with one attached hydrogen (secondary N) is 2. The third kappa shape index (κ3) is 4.41. The smallest absolute Gasteiger partial charge is 0.274 e. The molecule has 0 saturated heterocycles. The summed E-state index contributed by atoms with van der Waals surface area (Å²) in [6, 6.07) is 19.4. The molecule has 0 bridgehead atoms. The summed E-state index contributed by atoms with van der Waals surface area (Å²) >= 11 is 0. The van der Waals surface area contributed by atoms with Gasteiger partial charge in [-0.2, -0.15) is 0 Å². The van der Waals surface area contributed by atoms with Crippen molar-refractivity contribution < 1.29 is 4.79 Å². The summed E-state index contributed by atoms with van der Waals surface area (Å²) in [5, 5.41) is 6.13. The van der Waals surface area contributed by atoms with E-state index < -0.39 is 0 Å². The molecule has 126 valence electrons. The van der Waals surface area contributed by atoms with Gasteiger partial charge >= 0.3 is 0 Å². The van der Waals surface area contributed by atoms with Gasteiger partial charge in [-0.25, -0.2) is 9.97 Å². The van der Waals surface area contributed by atoms with Crippen LogP contribution in [0.5, 0.6) is 0 Å². The van der Waals surface area contributed by atoms with Crippen LogP contribution in [-0.4, -0.2) is 15.9 Å². The van der Waals surface area contributed by atoms with Crippen LogP contribution in [0.1, 0.15) is 28.5 Å². The number of benzene rings is 2. The average molecular weight is 332 g/mol. The Morgan fingerprint density at radius 2 is 1.76 bits per heavy atom. The number of carbonyl (C=O) groups is 1. The second-order valence-corrected chi connectivity index (χ2v) is 5.59. The first-order chi connectivity index (χ1) is 12.3. The first-order valence-corrected chi connectivity index (χ1v) is 8.25. The SMILES string of the molecule is CCc1ccccc1NC(=O)c1cc(NCc2ccccc2)ncn1. The fraction of sp³-hybridized carbons (Fsp3) is 0.150. The molecule has 0 aliphatic rings. The second kappa shape index (κ2) is 8.06. The van der Waals surface area contributed by atoms with Gasteiger partial charge < -0.3 is 10.6 Å². The molecular formula is C20H20N4O. The lowest BCUT2D eigenvalue weighted by atomic mass is 10.1. The van der Waals surface area contributed by atoms with Crippen molar-refractivity contribution in [2.24, 2.45) is 0 Å². The third-order valence-electron chi connectivity index (χ3n) is 3.86. The molecule has 0 aliphatic heterocycles. The first-order valence-electron chi connectivity index (χ1n) is 8.25. The Morgan fingerprint density at radius 1 is 1.00 bits per heavy atom. The lowest BCUT2D eigenvalue weighted by molar-refractivity contribution is 0.102. The number of para-hydroxylation sites is 1. The number of hydrogen-bond acceptors (Lipinski definition) is 4. The van der Waals surface area contributed by atoms with Crippen LogP contribution >= 0.6 is 0 Å². The van der Waals surface area contributed by atoms with E-state index in [2.05, 4.69) is 27.5 Å². The van der Waals surface area contributed by atoms with Crippen LogP contribution in [-0.2, 0) is 13.0 Å². The van der Waals surface area contributed by atoms with Gasteiger partial charge in [0.1, 0.15) is 17.8 Å². The van der Waals surface area contributed by atoms with E-state index >= 15 is 0 Å². The van der Waals surface area contributed by atoms with Gasteiger partial charge in [0, 0.05) is 18.3 Å². The van der Waals surface area contributed by atoms with Crippen LogP contribution in [0.4, 0.5) is 11.5 Å². The molecule has 0 aliphatic carbocycles. The Balaban J connectivity index is 1.69. The normalized spacial score (nSPS) is 10.3. The minimum atomic E-state index is -0.244. The Hall–Kier alpha value is -3.21. The summed E-state index contributed by atoms with van der Waals surface area (Å²) < 4.78 is 0. The molecule has 0 atom stereocenters. The Bertz CT molecular complexity index is 849. The summed E-state index contributed by atoms with van der Waals surface area (Å²) in [6.07, 6.45) is 2.25. The number of aryl methyl sites for hydroxylation is 1. The molecular weight excluding hydrogens is 312 g/mol. The maximum Gasteiger partial charge on any atom is 0.274 e. The molecule has 0 radical (unpaired) electrons. The third-order valence-corrected chi connectivity index (χ3v) is 3.86. The molecule has 0 spiro atoms. The number of carbonyl (C=O) groups excluding carboxylic acids is 1. The fourth-order valence-electron chi connectivity index (χ4n) is 2.50. The zero-order chi connectivity index (χ0) is 17.5. The maximum absolute atomic E-state index is 12.5. The molecule has 1 aromatic heterocycles. The van der Waals surface area contributed by atoms with Crippen molar-refractivity contribution in [2.75, 3.05) is 10.6 Å². The van der Waals surface area contributed by atoms with Crippen LogP contribution in [0.15, 0.2) is 67.0 Å². The lowest BCUT2D eigenvalue weighted by Gasteiger charge is -2.10. The Morgan fingerprint density at radius 3 is 2.56 bits per heavy atom. The number of amides is 1. The molecule has 1 amide bonds. The molecule has 2 aromatic carbocycles. The summed E-state index contributed by atoms with van der Waals surface area (Å²) in [6.45, 7) is 2.69. The number of rotatable bonds is 6. The molecule has 5 heteroatoms. The lowest BCUT2D eigenvalue weighted by Crippen LogP contribution is -2.15. The topological polar surface area (TPSA) is 66.9 Å². The van der Waals surface area contributed by atoms with Crippen molar-refractivity contribution >= 4 is 17.4 Å². The molecule has 25 heavy (non-hydrogen) atoms. The van der Waals surface area contributed by atoms with E-state index in [4.69, 9.17) is 0 Å². The standard InChI is InChI=1S/C20H20N4O/c1-2-16-10-6-7-11-17(16)24-20(25)18-12-19(23-14-22-18)21-13-15-8-4-3-5-9-15/h3-12,14H,2,13H2,1H3,(H,24,25)(H,21,22,23). The van der Waals surface area contributed by atoms with Crippen LogP contribution < -0.4 is 10.6 Å². The Labute approximate surface area is 147 Å². The zero-order valence-corrected chi connectivity index (χ0v) is 14.1. The minimum Gasteiger partial charge on any atom is -0.366 e. The van der Waals surface area contributed by atoms with Gasteiger partial charge in [-0.3, -0.25) is 4.79 Å². The van der Waals surface area contributed by atoms with Crippen molar-refractivity contribution in [3.63, 3.8) is 0 Å². The monoisotopic (exact) mass is 332 g/mol. The largest absolute Gasteiger partial charge is 0.366 e. The number of anilines is 2. The maximum atomic E-state index is 12.5. The van der Waals surface area contributed by atoms with E-state index in [1.807, 2.05) is 54.6 Å². The molecule has 0 saturated carbocycles. The summed E-state index contributed by atoms with van der Waals surface area (Å²) in [4.78, 5) is 20.7. The highest BCUT2D eigenvalue weighted by atomic mass is 16.1. The number of aromatic nitrogens is 2. The minimum absolute atomic E-state index is 0.244. The molecule has 3 rings (SSSR count). The molecule has 1 heterocycles. The van der Waals surface area contributed by atoms with Crippen molar-refractivity contribution in [3.05, 3.63) is 83.8 Å². The van der Waals surface area contributed by atoms with E-state index in [-0.39, 0.29) is 5.91 Å². The highest BCUT2D eigenvalue weighted by Crippen LogP contribution is 2.16. The van der Waals surface area contributed by atoms with Gasteiger partial charge in [-0.05, 0) is 23.6 Å². The zero-order valence-electron chi connectivity index (χ0n) is 14.1. The average Bonchev–Trinajstić information content (AvgIpc) is 2.68. The fourth-order valence-corrected chi connectivity index (χ4v) is 2.50. The van der Waals surface area contributed by atoms with Crippen molar-refractivity contribution in [1.82, 2.24) is 9.97 Å². The van der Waals surface area contributed by atoms with Crippen LogP contribution in [0.3, 0.4) is 0 Å². The van der Waals surface area contributed by atoms with Gasteiger partial charge in [-0.1, -0.05) is 55.5 Å². The van der Waals surface area contributed by atoms with Crippen LogP contribution in [0.25, 0.3) is 0 Å².